The lowest BCUT2D eigenvalue weighted by Crippen LogP contribution is -2.44. The van der Waals surface area contributed by atoms with Gasteiger partial charge in [-0.1, -0.05) is 26.8 Å². The number of benzene rings is 1. The minimum Gasteiger partial charge on any atom is -0.309 e. The van der Waals surface area contributed by atoms with E-state index in [-0.39, 0.29) is 5.82 Å². The molecule has 1 nitrogen and oxygen atoms in total. The Bertz CT molecular complexity index is 522. The molecule has 3 rings (SSSR count). The minimum atomic E-state index is -0.140. The number of rotatable bonds is 3. The number of hydrogen-bond acceptors (Lipinski definition) is 1. The molecule has 2 aliphatic rings. The summed E-state index contributed by atoms with van der Waals surface area (Å²) in [6.07, 6.45) is 4.02. The molecule has 2 saturated carbocycles. The molecule has 0 amide bonds. The highest BCUT2D eigenvalue weighted by atomic mass is 19.1. The van der Waals surface area contributed by atoms with Gasteiger partial charge in [0.15, 0.2) is 0 Å². The Balaban J connectivity index is 1.71. The SMILES string of the molecule is Cc1cc(F)ccc1CNC1CC2CCC1(C)C2(C)C. The maximum Gasteiger partial charge on any atom is 0.123 e. The van der Waals surface area contributed by atoms with Crippen molar-refractivity contribution in [3.8, 4) is 0 Å². The number of fused-ring (bicyclic) bond motifs is 2. The summed E-state index contributed by atoms with van der Waals surface area (Å²) in [5.41, 5.74) is 3.12. The van der Waals surface area contributed by atoms with E-state index in [1.54, 1.807) is 12.1 Å². The van der Waals surface area contributed by atoms with Gasteiger partial charge < -0.3 is 5.32 Å². The van der Waals surface area contributed by atoms with Crippen LogP contribution in [0.25, 0.3) is 0 Å². The molecular weight excluding hydrogens is 249 g/mol. The van der Waals surface area contributed by atoms with Gasteiger partial charge in [-0.2, -0.15) is 0 Å². The standard InChI is InChI=1S/C18H26FN/c1-12-9-15(19)6-5-13(12)11-20-16-10-14-7-8-18(16,4)17(14,2)3/h5-6,9,14,16,20H,7-8,10-11H2,1-4H3. The van der Waals surface area contributed by atoms with E-state index < -0.39 is 0 Å². The number of hydrogen-bond donors (Lipinski definition) is 1. The summed E-state index contributed by atoms with van der Waals surface area (Å²) in [5, 5.41) is 3.76. The zero-order valence-electron chi connectivity index (χ0n) is 13.1. The molecule has 1 aromatic rings. The van der Waals surface area contributed by atoms with Crippen LogP contribution in [0.2, 0.25) is 0 Å². The van der Waals surface area contributed by atoms with Crippen molar-refractivity contribution in [1.29, 1.82) is 0 Å². The molecule has 2 heteroatoms. The van der Waals surface area contributed by atoms with E-state index in [1.807, 2.05) is 13.0 Å². The fourth-order valence-corrected chi connectivity index (χ4v) is 4.60. The van der Waals surface area contributed by atoms with Crippen LogP contribution in [-0.4, -0.2) is 6.04 Å². The highest BCUT2D eigenvalue weighted by Gasteiger charge is 2.60. The number of nitrogens with one attached hydrogen (secondary N) is 1. The first-order valence-electron chi connectivity index (χ1n) is 7.83. The highest BCUT2D eigenvalue weighted by molar-refractivity contribution is 5.26. The highest BCUT2D eigenvalue weighted by Crippen LogP contribution is 2.65. The van der Waals surface area contributed by atoms with Crippen molar-refractivity contribution in [2.75, 3.05) is 0 Å². The van der Waals surface area contributed by atoms with Gasteiger partial charge in [0.25, 0.3) is 0 Å². The van der Waals surface area contributed by atoms with Crippen LogP contribution in [0.5, 0.6) is 0 Å². The van der Waals surface area contributed by atoms with Crippen molar-refractivity contribution in [3.05, 3.63) is 35.1 Å². The van der Waals surface area contributed by atoms with Crippen molar-refractivity contribution >= 4 is 0 Å². The molecule has 20 heavy (non-hydrogen) atoms. The van der Waals surface area contributed by atoms with E-state index in [4.69, 9.17) is 0 Å². The first-order chi connectivity index (χ1) is 9.34. The summed E-state index contributed by atoms with van der Waals surface area (Å²) in [6, 6.07) is 5.71. The quantitative estimate of drug-likeness (QED) is 0.860. The third kappa shape index (κ3) is 1.92. The second-order valence-electron chi connectivity index (χ2n) is 7.61. The van der Waals surface area contributed by atoms with E-state index in [0.717, 1.165) is 18.0 Å². The van der Waals surface area contributed by atoms with Crippen LogP contribution in [0.4, 0.5) is 4.39 Å². The van der Waals surface area contributed by atoms with Gasteiger partial charge in [-0.25, -0.2) is 4.39 Å². The normalized spacial score (nSPS) is 34.6. The molecule has 1 aromatic carbocycles. The first kappa shape index (κ1) is 14.1. The zero-order valence-corrected chi connectivity index (χ0v) is 13.1. The third-order valence-electron chi connectivity index (χ3n) is 6.64. The molecule has 2 fully saturated rings. The molecule has 0 heterocycles. The lowest BCUT2D eigenvalue weighted by Gasteiger charge is -2.39. The third-order valence-corrected chi connectivity index (χ3v) is 6.64. The Labute approximate surface area is 122 Å². The molecule has 1 N–H and O–H groups in total. The molecule has 0 radical (unpaired) electrons. The Morgan fingerprint density at radius 2 is 2.05 bits per heavy atom. The smallest absolute Gasteiger partial charge is 0.123 e. The van der Waals surface area contributed by atoms with Gasteiger partial charge in [0, 0.05) is 12.6 Å². The van der Waals surface area contributed by atoms with Gasteiger partial charge in [-0.05, 0) is 66.2 Å². The van der Waals surface area contributed by atoms with Crippen molar-refractivity contribution in [2.24, 2.45) is 16.7 Å². The lowest BCUT2D eigenvalue weighted by atomic mass is 9.69. The van der Waals surface area contributed by atoms with Gasteiger partial charge in [0.05, 0.1) is 0 Å². The summed E-state index contributed by atoms with van der Waals surface area (Å²) in [6.45, 7) is 10.2. The lowest BCUT2D eigenvalue weighted by molar-refractivity contribution is 0.120. The van der Waals surface area contributed by atoms with E-state index in [0.29, 0.717) is 16.9 Å². The van der Waals surface area contributed by atoms with Gasteiger partial charge in [0.2, 0.25) is 0 Å². The Hall–Kier alpha value is -0.890. The van der Waals surface area contributed by atoms with Gasteiger partial charge in [0.1, 0.15) is 5.82 Å². The number of halogens is 1. The van der Waals surface area contributed by atoms with Crippen LogP contribution in [0.1, 0.15) is 51.2 Å². The van der Waals surface area contributed by atoms with Crippen LogP contribution < -0.4 is 5.32 Å². The Morgan fingerprint density at radius 1 is 1.30 bits per heavy atom. The van der Waals surface area contributed by atoms with E-state index in [9.17, 15) is 4.39 Å². The van der Waals surface area contributed by atoms with Gasteiger partial charge >= 0.3 is 0 Å². The van der Waals surface area contributed by atoms with Crippen LogP contribution in [-0.2, 0) is 6.54 Å². The maximum absolute atomic E-state index is 13.2. The summed E-state index contributed by atoms with van der Waals surface area (Å²) in [5.74, 6) is 0.721. The average Bonchev–Trinajstić information content (AvgIpc) is 2.70. The van der Waals surface area contributed by atoms with Crippen LogP contribution in [0.3, 0.4) is 0 Å². The molecule has 2 aliphatic carbocycles. The summed E-state index contributed by atoms with van der Waals surface area (Å²) in [7, 11) is 0. The molecular formula is C18H26FN. The first-order valence-corrected chi connectivity index (χ1v) is 7.83. The predicted octanol–water partition coefficient (Wildman–Crippen LogP) is 4.44. The predicted molar refractivity (Wildman–Crippen MR) is 81.0 cm³/mol. The van der Waals surface area contributed by atoms with Crippen LogP contribution in [0.15, 0.2) is 18.2 Å². The molecule has 0 aliphatic heterocycles. The Kier molecular flexibility index (Phi) is 3.20. The van der Waals surface area contributed by atoms with Crippen molar-refractivity contribution in [2.45, 2.75) is 59.5 Å². The molecule has 0 aromatic heterocycles. The maximum atomic E-state index is 13.2. The van der Waals surface area contributed by atoms with Crippen LogP contribution >= 0.6 is 0 Å². The van der Waals surface area contributed by atoms with Gasteiger partial charge in [-0.15, -0.1) is 0 Å². The minimum absolute atomic E-state index is 0.140. The fraction of sp³-hybridized carbons (Fsp3) is 0.667. The average molecular weight is 275 g/mol. The molecule has 3 unspecified atom stereocenters. The van der Waals surface area contributed by atoms with E-state index in [1.165, 1.54) is 24.8 Å². The van der Waals surface area contributed by atoms with Gasteiger partial charge in [-0.3, -0.25) is 0 Å². The second-order valence-corrected chi connectivity index (χ2v) is 7.61. The molecule has 3 atom stereocenters. The number of aryl methyl sites for hydroxylation is 1. The molecule has 0 saturated heterocycles. The topological polar surface area (TPSA) is 12.0 Å². The van der Waals surface area contributed by atoms with Crippen molar-refractivity contribution < 1.29 is 4.39 Å². The summed E-state index contributed by atoms with van der Waals surface area (Å²) >= 11 is 0. The largest absolute Gasteiger partial charge is 0.309 e. The van der Waals surface area contributed by atoms with Crippen molar-refractivity contribution in [3.63, 3.8) is 0 Å². The monoisotopic (exact) mass is 275 g/mol. The van der Waals surface area contributed by atoms with E-state index in [2.05, 4.69) is 26.1 Å². The summed E-state index contributed by atoms with van der Waals surface area (Å²) < 4.78 is 13.2. The van der Waals surface area contributed by atoms with Crippen LogP contribution in [0, 0.1) is 29.5 Å². The molecule has 110 valence electrons. The summed E-state index contributed by atoms with van der Waals surface area (Å²) in [4.78, 5) is 0. The second kappa shape index (κ2) is 4.56. The Morgan fingerprint density at radius 3 is 2.60 bits per heavy atom. The zero-order chi connectivity index (χ0) is 14.5. The fourth-order valence-electron chi connectivity index (χ4n) is 4.60. The van der Waals surface area contributed by atoms with Crippen molar-refractivity contribution in [1.82, 2.24) is 5.32 Å². The van der Waals surface area contributed by atoms with E-state index >= 15 is 0 Å². The molecule has 0 spiro atoms. The molecule has 2 bridgehead atoms.